The van der Waals surface area contributed by atoms with Crippen LogP contribution < -0.4 is 4.90 Å². The van der Waals surface area contributed by atoms with Gasteiger partial charge >= 0.3 is 0 Å². The Morgan fingerprint density at radius 3 is 2.35 bits per heavy atom. The van der Waals surface area contributed by atoms with Crippen LogP contribution in [0.5, 0.6) is 0 Å². The van der Waals surface area contributed by atoms with Crippen LogP contribution in [0, 0.1) is 0 Å². The molecule has 1 aromatic rings. The van der Waals surface area contributed by atoms with Crippen LogP contribution >= 0.6 is 0 Å². The van der Waals surface area contributed by atoms with Gasteiger partial charge in [-0.05, 0) is 18.1 Å². The maximum Gasteiger partial charge on any atom is 0.0399 e. The number of rotatable bonds is 9. The van der Waals surface area contributed by atoms with Crippen LogP contribution in [0.25, 0.3) is 0 Å². The summed E-state index contributed by atoms with van der Waals surface area (Å²) in [4.78, 5) is 2.42. The zero-order chi connectivity index (χ0) is 14.2. The standard InChI is InChI=1S/C19H31N/c1-3-4-5-6-7-8-9-10-13-17-16-20(2)19-15-12-11-14-18(17)19/h11-12,14-15,17H,3-10,13,16H2,1-2H3. The fourth-order valence-corrected chi connectivity index (χ4v) is 3.48. The monoisotopic (exact) mass is 273 g/mol. The first-order valence-electron chi connectivity index (χ1n) is 8.63. The third kappa shape index (κ3) is 4.26. The number of anilines is 1. The second-order valence-electron chi connectivity index (χ2n) is 6.40. The van der Waals surface area contributed by atoms with Crippen LogP contribution in [0.2, 0.25) is 0 Å². The Morgan fingerprint density at radius 1 is 0.950 bits per heavy atom. The SMILES string of the molecule is CCCCCCCCCCC1CN(C)c2ccccc21. The van der Waals surface area contributed by atoms with Gasteiger partial charge in [-0.25, -0.2) is 0 Å². The number of benzene rings is 1. The van der Waals surface area contributed by atoms with E-state index in [2.05, 4.69) is 43.1 Å². The van der Waals surface area contributed by atoms with Gasteiger partial charge in [0.15, 0.2) is 0 Å². The van der Waals surface area contributed by atoms with Crippen molar-refractivity contribution in [1.82, 2.24) is 0 Å². The summed E-state index contributed by atoms with van der Waals surface area (Å²) >= 11 is 0. The van der Waals surface area contributed by atoms with Crippen molar-refractivity contribution in [2.24, 2.45) is 0 Å². The first-order chi connectivity index (χ1) is 9.83. The Hall–Kier alpha value is -0.980. The van der Waals surface area contributed by atoms with E-state index in [0.717, 1.165) is 5.92 Å². The van der Waals surface area contributed by atoms with E-state index in [1.165, 1.54) is 70.0 Å². The average Bonchev–Trinajstić information content (AvgIpc) is 2.79. The molecule has 112 valence electrons. The van der Waals surface area contributed by atoms with Crippen LogP contribution in [0.1, 0.15) is 76.2 Å². The molecule has 1 aliphatic rings. The van der Waals surface area contributed by atoms with Crippen LogP contribution in [0.15, 0.2) is 24.3 Å². The molecule has 0 spiro atoms. The van der Waals surface area contributed by atoms with E-state index in [4.69, 9.17) is 0 Å². The molecule has 1 heteroatoms. The van der Waals surface area contributed by atoms with Crippen LogP contribution in [0.3, 0.4) is 0 Å². The summed E-state index contributed by atoms with van der Waals surface area (Å²) in [6.45, 7) is 3.51. The smallest absolute Gasteiger partial charge is 0.0399 e. The van der Waals surface area contributed by atoms with Gasteiger partial charge in [0.05, 0.1) is 0 Å². The minimum atomic E-state index is 0.774. The first kappa shape index (κ1) is 15.4. The third-order valence-corrected chi connectivity index (χ3v) is 4.69. The number of nitrogens with zero attached hydrogens (tertiary/aromatic N) is 1. The predicted molar refractivity (Wildman–Crippen MR) is 89.7 cm³/mol. The van der Waals surface area contributed by atoms with E-state index in [0.29, 0.717) is 0 Å². The average molecular weight is 273 g/mol. The minimum Gasteiger partial charge on any atom is -0.374 e. The van der Waals surface area contributed by atoms with Gasteiger partial charge in [0.25, 0.3) is 0 Å². The highest BCUT2D eigenvalue weighted by Crippen LogP contribution is 2.37. The lowest BCUT2D eigenvalue weighted by atomic mass is 9.94. The molecule has 1 nitrogen and oxygen atoms in total. The number of fused-ring (bicyclic) bond motifs is 1. The summed E-state index contributed by atoms with van der Waals surface area (Å²) in [5.41, 5.74) is 3.04. The molecule has 0 saturated heterocycles. The van der Waals surface area contributed by atoms with Gasteiger partial charge in [-0.15, -0.1) is 0 Å². The summed E-state index contributed by atoms with van der Waals surface area (Å²) < 4.78 is 0. The summed E-state index contributed by atoms with van der Waals surface area (Å²) in [7, 11) is 2.23. The lowest BCUT2D eigenvalue weighted by Gasteiger charge is -2.12. The van der Waals surface area contributed by atoms with Crippen LogP contribution in [-0.2, 0) is 0 Å². The molecule has 20 heavy (non-hydrogen) atoms. The lowest BCUT2D eigenvalue weighted by molar-refractivity contribution is 0.538. The Bertz CT molecular complexity index is 385. The van der Waals surface area contributed by atoms with Crippen molar-refractivity contribution < 1.29 is 0 Å². The highest BCUT2D eigenvalue weighted by molar-refractivity contribution is 5.59. The molecule has 1 heterocycles. The van der Waals surface area contributed by atoms with Gasteiger partial charge in [-0.1, -0.05) is 76.5 Å². The number of likely N-dealkylation sites (N-methyl/N-ethyl adjacent to an activating group) is 1. The molecule has 0 saturated carbocycles. The fourth-order valence-electron chi connectivity index (χ4n) is 3.48. The highest BCUT2D eigenvalue weighted by atomic mass is 15.1. The lowest BCUT2D eigenvalue weighted by Crippen LogP contribution is -2.15. The number of para-hydroxylation sites is 1. The van der Waals surface area contributed by atoms with Gasteiger partial charge in [-0.2, -0.15) is 0 Å². The van der Waals surface area contributed by atoms with E-state index in [-0.39, 0.29) is 0 Å². The molecule has 0 aromatic heterocycles. The molecule has 0 fully saturated rings. The molecule has 1 aliphatic heterocycles. The van der Waals surface area contributed by atoms with Gasteiger partial charge in [0, 0.05) is 25.2 Å². The fraction of sp³-hybridized carbons (Fsp3) is 0.684. The molecule has 1 aromatic carbocycles. The van der Waals surface area contributed by atoms with E-state index < -0.39 is 0 Å². The second-order valence-corrected chi connectivity index (χ2v) is 6.40. The molecule has 0 aliphatic carbocycles. The highest BCUT2D eigenvalue weighted by Gasteiger charge is 2.24. The summed E-state index contributed by atoms with van der Waals surface area (Å²) in [6.07, 6.45) is 12.8. The summed E-state index contributed by atoms with van der Waals surface area (Å²) in [5.74, 6) is 0.774. The van der Waals surface area contributed by atoms with Crippen molar-refractivity contribution in [2.45, 2.75) is 70.6 Å². The Kier molecular flexibility index (Phi) is 6.42. The number of hydrogen-bond acceptors (Lipinski definition) is 1. The van der Waals surface area contributed by atoms with E-state index in [1.807, 2.05) is 0 Å². The summed E-state index contributed by atoms with van der Waals surface area (Å²) in [5, 5.41) is 0. The molecule has 0 bridgehead atoms. The minimum absolute atomic E-state index is 0.774. The Balaban J connectivity index is 1.61. The quantitative estimate of drug-likeness (QED) is 0.518. The topological polar surface area (TPSA) is 3.24 Å². The molecule has 0 radical (unpaired) electrons. The third-order valence-electron chi connectivity index (χ3n) is 4.69. The maximum atomic E-state index is 2.42. The number of hydrogen-bond donors (Lipinski definition) is 0. The molecule has 2 rings (SSSR count). The molecular weight excluding hydrogens is 242 g/mol. The van der Waals surface area contributed by atoms with E-state index >= 15 is 0 Å². The van der Waals surface area contributed by atoms with Gasteiger partial charge in [0.2, 0.25) is 0 Å². The van der Waals surface area contributed by atoms with Crippen molar-refractivity contribution in [3.05, 3.63) is 29.8 Å². The molecular formula is C19H31N. The van der Waals surface area contributed by atoms with Crippen LogP contribution in [-0.4, -0.2) is 13.6 Å². The van der Waals surface area contributed by atoms with Crippen molar-refractivity contribution in [2.75, 3.05) is 18.5 Å². The molecule has 1 unspecified atom stereocenters. The second kappa shape index (κ2) is 8.34. The summed E-state index contributed by atoms with van der Waals surface area (Å²) in [6, 6.07) is 8.95. The zero-order valence-electron chi connectivity index (χ0n) is 13.4. The van der Waals surface area contributed by atoms with Gasteiger partial charge < -0.3 is 4.90 Å². The van der Waals surface area contributed by atoms with Gasteiger partial charge in [0.1, 0.15) is 0 Å². The molecule has 0 N–H and O–H groups in total. The van der Waals surface area contributed by atoms with Crippen LogP contribution in [0.4, 0.5) is 5.69 Å². The number of unbranched alkanes of at least 4 members (excludes halogenated alkanes) is 7. The van der Waals surface area contributed by atoms with Crippen molar-refractivity contribution in [1.29, 1.82) is 0 Å². The molecule has 1 atom stereocenters. The van der Waals surface area contributed by atoms with Crippen molar-refractivity contribution in [3.8, 4) is 0 Å². The predicted octanol–water partition coefficient (Wildman–Crippen LogP) is 5.75. The first-order valence-corrected chi connectivity index (χ1v) is 8.63. The zero-order valence-corrected chi connectivity index (χ0v) is 13.4. The normalized spacial score (nSPS) is 17.5. The van der Waals surface area contributed by atoms with Gasteiger partial charge in [-0.3, -0.25) is 0 Å². The largest absolute Gasteiger partial charge is 0.374 e. The maximum absolute atomic E-state index is 2.42. The van der Waals surface area contributed by atoms with E-state index in [1.54, 1.807) is 5.56 Å². The Labute approximate surface area is 125 Å². The molecule has 0 amide bonds. The van der Waals surface area contributed by atoms with E-state index in [9.17, 15) is 0 Å². The van der Waals surface area contributed by atoms with Crippen molar-refractivity contribution >= 4 is 5.69 Å². The van der Waals surface area contributed by atoms with Crippen molar-refractivity contribution in [3.63, 3.8) is 0 Å². The Morgan fingerprint density at radius 2 is 1.60 bits per heavy atom.